The first-order chi connectivity index (χ1) is 9.69. The summed E-state index contributed by atoms with van der Waals surface area (Å²) in [6.45, 7) is 0. The Morgan fingerprint density at radius 3 is 1.60 bits per heavy atom. The number of fused-ring (bicyclic) bond motifs is 2. The van der Waals surface area contributed by atoms with E-state index in [1.807, 2.05) is 36.4 Å². The molecule has 4 N–H and O–H groups in total. The first-order valence-corrected chi connectivity index (χ1v) is 6.07. The number of rotatable bonds is 1. The number of aromatic hydroxyl groups is 2. The smallest absolute Gasteiger partial charge is 0.292 e. The number of nitrogens with one attached hydrogen (secondary N) is 2. The van der Waals surface area contributed by atoms with Crippen molar-refractivity contribution < 1.29 is 10.2 Å². The minimum Gasteiger partial charge on any atom is -0.480 e. The molecule has 6 nitrogen and oxygen atoms in total. The molecular formula is C14H10N4O2. The van der Waals surface area contributed by atoms with Gasteiger partial charge in [-0.2, -0.15) is 9.97 Å². The van der Waals surface area contributed by atoms with Crippen molar-refractivity contribution in [2.24, 2.45) is 0 Å². The van der Waals surface area contributed by atoms with Crippen molar-refractivity contribution >= 4 is 22.1 Å². The van der Waals surface area contributed by atoms with Crippen molar-refractivity contribution in [2.75, 3.05) is 0 Å². The molecule has 0 saturated carbocycles. The van der Waals surface area contributed by atoms with Crippen molar-refractivity contribution in [3.63, 3.8) is 0 Å². The van der Waals surface area contributed by atoms with Crippen LogP contribution in [0, 0.1) is 0 Å². The Morgan fingerprint density at radius 1 is 0.700 bits per heavy atom. The number of benzene rings is 2. The van der Waals surface area contributed by atoms with Crippen LogP contribution in [0.25, 0.3) is 33.2 Å². The van der Waals surface area contributed by atoms with E-state index in [9.17, 15) is 10.2 Å². The third-order valence-corrected chi connectivity index (χ3v) is 3.27. The van der Waals surface area contributed by atoms with E-state index in [1.165, 1.54) is 0 Å². The van der Waals surface area contributed by atoms with Crippen LogP contribution in [-0.4, -0.2) is 30.1 Å². The second-order valence-electron chi connectivity index (χ2n) is 4.58. The highest BCUT2D eigenvalue weighted by Crippen LogP contribution is 2.27. The molecule has 2 aromatic heterocycles. The molecular weight excluding hydrogens is 256 g/mol. The van der Waals surface area contributed by atoms with Gasteiger partial charge in [0.05, 0.1) is 22.1 Å². The monoisotopic (exact) mass is 266 g/mol. The van der Waals surface area contributed by atoms with Gasteiger partial charge in [0, 0.05) is 0 Å². The number of hydrogen-bond donors (Lipinski definition) is 4. The molecule has 20 heavy (non-hydrogen) atoms. The normalized spacial score (nSPS) is 11.4. The van der Waals surface area contributed by atoms with Crippen LogP contribution in [0.4, 0.5) is 0 Å². The van der Waals surface area contributed by atoms with Gasteiger partial charge in [-0.15, -0.1) is 0 Å². The molecule has 98 valence electrons. The van der Waals surface area contributed by atoms with Gasteiger partial charge in [-0.25, -0.2) is 0 Å². The summed E-state index contributed by atoms with van der Waals surface area (Å²) in [5.41, 5.74) is 4.94. The molecule has 0 bridgehead atoms. The molecule has 0 amide bonds. The van der Waals surface area contributed by atoms with Gasteiger partial charge >= 0.3 is 0 Å². The van der Waals surface area contributed by atoms with Crippen LogP contribution >= 0.6 is 0 Å². The van der Waals surface area contributed by atoms with E-state index >= 15 is 0 Å². The number of imidazole rings is 2. The fraction of sp³-hybridized carbons (Fsp3) is 0. The maximum atomic E-state index is 9.35. The van der Waals surface area contributed by atoms with Crippen molar-refractivity contribution in [1.29, 1.82) is 0 Å². The molecule has 0 fully saturated rings. The van der Waals surface area contributed by atoms with E-state index in [4.69, 9.17) is 0 Å². The van der Waals surface area contributed by atoms with Gasteiger partial charge < -0.3 is 20.2 Å². The minimum atomic E-state index is -0.0916. The van der Waals surface area contributed by atoms with Crippen LogP contribution in [0.5, 0.6) is 12.0 Å². The van der Waals surface area contributed by atoms with Gasteiger partial charge in [0.25, 0.3) is 12.0 Å². The second-order valence-corrected chi connectivity index (χ2v) is 4.58. The molecule has 0 atom stereocenters. The van der Waals surface area contributed by atoms with Crippen LogP contribution in [0.2, 0.25) is 0 Å². The van der Waals surface area contributed by atoms with Gasteiger partial charge in [-0.3, -0.25) is 0 Å². The third-order valence-electron chi connectivity index (χ3n) is 3.27. The summed E-state index contributed by atoms with van der Waals surface area (Å²) in [5, 5.41) is 18.7. The first-order valence-electron chi connectivity index (χ1n) is 6.07. The highest BCUT2D eigenvalue weighted by molar-refractivity contribution is 5.86. The van der Waals surface area contributed by atoms with Gasteiger partial charge in [-0.05, 0) is 35.4 Å². The molecule has 0 saturated heterocycles. The molecule has 0 aliphatic rings. The Kier molecular flexibility index (Phi) is 2.03. The Balaban J connectivity index is 1.90. The Labute approximate surface area is 112 Å². The van der Waals surface area contributed by atoms with Crippen LogP contribution in [0.1, 0.15) is 0 Å². The summed E-state index contributed by atoms with van der Waals surface area (Å²) in [4.78, 5) is 13.5. The third kappa shape index (κ3) is 1.58. The van der Waals surface area contributed by atoms with Gasteiger partial charge in [-0.1, -0.05) is 12.1 Å². The van der Waals surface area contributed by atoms with Crippen molar-refractivity contribution in [3.8, 4) is 23.1 Å². The molecule has 0 radical (unpaired) electrons. The van der Waals surface area contributed by atoms with E-state index in [-0.39, 0.29) is 12.0 Å². The van der Waals surface area contributed by atoms with E-state index < -0.39 is 0 Å². The Morgan fingerprint density at radius 2 is 1.15 bits per heavy atom. The highest BCUT2D eigenvalue weighted by atomic mass is 16.3. The first kappa shape index (κ1) is 10.9. The number of nitrogens with zero attached hydrogens (tertiary/aromatic N) is 2. The van der Waals surface area contributed by atoms with Gasteiger partial charge in [0.2, 0.25) is 0 Å². The summed E-state index contributed by atoms with van der Waals surface area (Å²) in [5.74, 6) is 0. The summed E-state index contributed by atoms with van der Waals surface area (Å²) in [6, 6.07) is 11.2. The van der Waals surface area contributed by atoms with Crippen LogP contribution in [-0.2, 0) is 0 Å². The molecule has 4 aromatic rings. The zero-order chi connectivity index (χ0) is 13.7. The average molecular weight is 266 g/mol. The van der Waals surface area contributed by atoms with Crippen molar-refractivity contribution in [1.82, 2.24) is 19.9 Å². The van der Waals surface area contributed by atoms with Crippen molar-refractivity contribution in [3.05, 3.63) is 36.4 Å². The summed E-state index contributed by atoms with van der Waals surface area (Å²) >= 11 is 0. The number of aromatic nitrogens is 4. The second kappa shape index (κ2) is 3.74. The lowest BCUT2D eigenvalue weighted by atomic mass is 10.0. The van der Waals surface area contributed by atoms with Gasteiger partial charge in [0.15, 0.2) is 0 Å². The lowest BCUT2D eigenvalue weighted by Gasteiger charge is -2.01. The lowest BCUT2D eigenvalue weighted by molar-refractivity contribution is 0.438. The minimum absolute atomic E-state index is 0.0916. The van der Waals surface area contributed by atoms with Crippen LogP contribution < -0.4 is 0 Å². The number of hydrogen-bond acceptors (Lipinski definition) is 4. The largest absolute Gasteiger partial charge is 0.480 e. The van der Waals surface area contributed by atoms with Crippen LogP contribution in [0.3, 0.4) is 0 Å². The van der Waals surface area contributed by atoms with Gasteiger partial charge in [0.1, 0.15) is 0 Å². The predicted molar refractivity (Wildman–Crippen MR) is 74.5 cm³/mol. The molecule has 0 unspecified atom stereocenters. The average Bonchev–Trinajstić information content (AvgIpc) is 2.97. The summed E-state index contributed by atoms with van der Waals surface area (Å²) in [7, 11) is 0. The summed E-state index contributed by atoms with van der Waals surface area (Å²) < 4.78 is 0. The standard InChI is InChI=1S/C14H10N4O2/c19-13-15-9-3-1-7(5-11(9)17-13)8-2-4-10-12(6-8)18-14(20)16-10/h1-6H,(H2,15,17,19)(H2,16,18,20). The molecule has 2 aromatic carbocycles. The van der Waals surface area contributed by atoms with Crippen LogP contribution in [0.15, 0.2) is 36.4 Å². The SMILES string of the molecule is Oc1nc2ccc(-c3ccc4nc(O)[nH]c4c3)cc2[nH]1. The highest BCUT2D eigenvalue weighted by Gasteiger charge is 2.06. The Bertz CT molecular complexity index is 861. The number of aromatic amines is 2. The molecule has 0 aliphatic carbocycles. The maximum absolute atomic E-state index is 9.35. The Hall–Kier alpha value is -3.02. The lowest BCUT2D eigenvalue weighted by Crippen LogP contribution is -1.79. The van der Waals surface area contributed by atoms with Crippen molar-refractivity contribution in [2.45, 2.75) is 0 Å². The van der Waals surface area contributed by atoms with E-state index in [0.717, 1.165) is 22.2 Å². The molecule has 0 spiro atoms. The fourth-order valence-corrected chi connectivity index (χ4v) is 2.35. The maximum Gasteiger partial charge on any atom is 0.292 e. The summed E-state index contributed by atoms with van der Waals surface area (Å²) in [6.07, 6.45) is 0. The zero-order valence-corrected chi connectivity index (χ0v) is 10.3. The number of H-pyrrole nitrogens is 2. The fourth-order valence-electron chi connectivity index (χ4n) is 2.35. The van der Waals surface area contributed by atoms with E-state index in [0.29, 0.717) is 11.0 Å². The molecule has 6 heteroatoms. The predicted octanol–water partition coefficient (Wildman–Crippen LogP) is 2.52. The quantitative estimate of drug-likeness (QED) is 0.425. The molecule has 2 heterocycles. The molecule has 4 rings (SSSR count). The molecule has 0 aliphatic heterocycles. The topological polar surface area (TPSA) is 97.8 Å². The van der Waals surface area contributed by atoms with E-state index in [2.05, 4.69) is 19.9 Å². The zero-order valence-electron chi connectivity index (χ0n) is 10.3. The van der Waals surface area contributed by atoms with E-state index in [1.54, 1.807) is 0 Å².